The van der Waals surface area contributed by atoms with Gasteiger partial charge in [0.25, 0.3) is 0 Å². The Bertz CT molecular complexity index is 845. The van der Waals surface area contributed by atoms with Crippen LogP contribution < -0.4 is 14.2 Å². The molecular weight excluding hydrogens is 358 g/mol. The molecule has 1 saturated heterocycles. The van der Waals surface area contributed by atoms with Gasteiger partial charge < -0.3 is 14.2 Å². The van der Waals surface area contributed by atoms with Gasteiger partial charge in [-0.15, -0.1) is 0 Å². The van der Waals surface area contributed by atoms with Crippen molar-refractivity contribution < 1.29 is 22.6 Å². The summed E-state index contributed by atoms with van der Waals surface area (Å²) in [6.07, 6.45) is 5.76. The molecule has 0 saturated carbocycles. The van der Waals surface area contributed by atoms with Gasteiger partial charge >= 0.3 is 0 Å². The van der Waals surface area contributed by atoms with E-state index in [0.717, 1.165) is 6.42 Å². The van der Waals surface area contributed by atoms with Gasteiger partial charge in [0.2, 0.25) is 15.9 Å². The first kappa shape index (κ1) is 18.4. The van der Waals surface area contributed by atoms with Gasteiger partial charge in [-0.1, -0.05) is 0 Å². The van der Waals surface area contributed by atoms with Gasteiger partial charge in [0.15, 0.2) is 0 Å². The SMILES string of the molecule is COc1ccc(OC)c(S(=O)(=O)N2CCCC(Oc3cnccn3)C2)c1. The van der Waals surface area contributed by atoms with Crippen molar-refractivity contribution >= 4 is 10.0 Å². The van der Waals surface area contributed by atoms with Crippen LogP contribution in [0.4, 0.5) is 0 Å². The van der Waals surface area contributed by atoms with E-state index in [1.807, 2.05) is 0 Å². The summed E-state index contributed by atoms with van der Waals surface area (Å²) in [4.78, 5) is 8.12. The molecule has 1 unspecified atom stereocenters. The molecule has 0 spiro atoms. The maximum atomic E-state index is 13.1. The lowest BCUT2D eigenvalue weighted by atomic mass is 10.1. The number of ether oxygens (including phenoxy) is 3. The highest BCUT2D eigenvalue weighted by Gasteiger charge is 2.33. The van der Waals surface area contributed by atoms with Crippen LogP contribution in [0.1, 0.15) is 12.8 Å². The average Bonchev–Trinajstić information content (AvgIpc) is 2.68. The van der Waals surface area contributed by atoms with E-state index in [0.29, 0.717) is 24.6 Å². The normalized spacial score (nSPS) is 18.3. The third-order valence-electron chi connectivity index (χ3n) is 4.16. The highest BCUT2D eigenvalue weighted by molar-refractivity contribution is 7.89. The average molecular weight is 379 g/mol. The Balaban J connectivity index is 1.83. The largest absolute Gasteiger partial charge is 0.497 e. The monoisotopic (exact) mass is 379 g/mol. The van der Waals surface area contributed by atoms with E-state index in [-0.39, 0.29) is 23.3 Å². The third kappa shape index (κ3) is 3.88. The Morgan fingerprint density at radius 1 is 1.19 bits per heavy atom. The van der Waals surface area contributed by atoms with Gasteiger partial charge in [0.1, 0.15) is 22.5 Å². The zero-order chi connectivity index (χ0) is 18.6. The highest BCUT2D eigenvalue weighted by atomic mass is 32.2. The minimum atomic E-state index is -3.75. The second kappa shape index (κ2) is 7.88. The van der Waals surface area contributed by atoms with Crippen LogP contribution in [-0.4, -0.2) is 56.1 Å². The van der Waals surface area contributed by atoms with E-state index in [9.17, 15) is 8.42 Å². The lowest BCUT2D eigenvalue weighted by Crippen LogP contribution is -2.44. The molecule has 0 bridgehead atoms. The van der Waals surface area contributed by atoms with Gasteiger partial charge in [-0.25, -0.2) is 13.4 Å². The number of methoxy groups -OCH3 is 2. The number of rotatable bonds is 6. The van der Waals surface area contributed by atoms with Crippen molar-refractivity contribution in [3.05, 3.63) is 36.8 Å². The molecule has 26 heavy (non-hydrogen) atoms. The number of aromatic nitrogens is 2. The van der Waals surface area contributed by atoms with E-state index in [4.69, 9.17) is 14.2 Å². The second-order valence-electron chi connectivity index (χ2n) is 5.81. The first-order chi connectivity index (χ1) is 12.5. The van der Waals surface area contributed by atoms with Crippen molar-refractivity contribution in [2.24, 2.45) is 0 Å². The van der Waals surface area contributed by atoms with Gasteiger partial charge in [-0.3, -0.25) is 4.98 Å². The molecule has 3 rings (SSSR count). The van der Waals surface area contributed by atoms with E-state index in [2.05, 4.69) is 9.97 Å². The molecule has 140 valence electrons. The van der Waals surface area contributed by atoms with Crippen LogP contribution >= 0.6 is 0 Å². The van der Waals surface area contributed by atoms with Crippen molar-refractivity contribution in [3.63, 3.8) is 0 Å². The van der Waals surface area contributed by atoms with Crippen LogP contribution in [0.15, 0.2) is 41.7 Å². The number of benzene rings is 1. The summed E-state index contributed by atoms with van der Waals surface area (Å²) < 4.78 is 43.9. The van der Waals surface area contributed by atoms with Crippen molar-refractivity contribution in [2.75, 3.05) is 27.3 Å². The molecule has 0 radical (unpaired) electrons. The molecule has 2 aromatic rings. The highest BCUT2D eigenvalue weighted by Crippen LogP contribution is 2.32. The zero-order valence-corrected chi connectivity index (χ0v) is 15.5. The molecule has 0 amide bonds. The summed E-state index contributed by atoms with van der Waals surface area (Å²) in [5.41, 5.74) is 0. The minimum absolute atomic E-state index is 0.0829. The fourth-order valence-corrected chi connectivity index (χ4v) is 4.54. The summed E-state index contributed by atoms with van der Waals surface area (Å²) in [5, 5.41) is 0. The molecule has 1 fully saturated rings. The van der Waals surface area contributed by atoms with Gasteiger partial charge in [-0.05, 0) is 25.0 Å². The summed E-state index contributed by atoms with van der Waals surface area (Å²) in [7, 11) is -0.819. The quantitative estimate of drug-likeness (QED) is 0.755. The molecule has 0 N–H and O–H groups in total. The maximum absolute atomic E-state index is 13.1. The standard InChI is InChI=1S/C17H21N3O5S/c1-23-13-5-6-15(24-2)16(10-13)26(21,22)20-9-3-4-14(12-20)25-17-11-18-7-8-19-17/h5-8,10-11,14H,3-4,9,12H2,1-2H3. The van der Waals surface area contributed by atoms with Crippen LogP contribution in [0.25, 0.3) is 0 Å². The first-order valence-corrected chi connectivity index (χ1v) is 9.63. The van der Waals surface area contributed by atoms with Gasteiger partial charge in [0, 0.05) is 25.0 Å². The Morgan fingerprint density at radius 2 is 2.04 bits per heavy atom. The Hall–Kier alpha value is -2.39. The van der Waals surface area contributed by atoms with Crippen molar-refractivity contribution in [1.29, 1.82) is 0 Å². The lowest BCUT2D eigenvalue weighted by Gasteiger charge is -2.32. The van der Waals surface area contributed by atoms with E-state index in [1.54, 1.807) is 18.3 Å². The topological polar surface area (TPSA) is 90.9 Å². The number of piperidine rings is 1. The molecule has 9 heteroatoms. The van der Waals surface area contributed by atoms with E-state index >= 15 is 0 Å². The Morgan fingerprint density at radius 3 is 2.73 bits per heavy atom. The van der Waals surface area contributed by atoms with Crippen LogP contribution in [0.5, 0.6) is 17.4 Å². The van der Waals surface area contributed by atoms with Crippen molar-refractivity contribution in [3.8, 4) is 17.4 Å². The Labute approximate surface area is 152 Å². The zero-order valence-electron chi connectivity index (χ0n) is 14.7. The molecule has 1 aromatic carbocycles. The molecule has 1 atom stereocenters. The predicted octanol–water partition coefficient (Wildman–Crippen LogP) is 1.73. The number of hydrogen-bond acceptors (Lipinski definition) is 7. The molecule has 1 aliphatic rings. The first-order valence-electron chi connectivity index (χ1n) is 8.19. The summed E-state index contributed by atoms with van der Waals surface area (Å²) >= 11 is 0. The minimum Gasteiger partial charge on any atom is -0.497 e. The maximum Gasteiger partial charge on any atom is 0.247 e. The number of hydrogen-bond donors (Lipinski definition) is 0. The summed E-state index contributed by atoms with van der Waals surface area (Å²) in [6, 6.07) is 4.72. The van der Waals surface area contributed by atoms with Crippen LogP contribution in [0, 0.1) is 0 Å². The smallest absolute Gasteiger partial charge is 0.247 e. The summed E-state index contributed by atoms with van der Waals surface area (Å²) in [5.74, 6) is 1.12. The van der Waals surface area contributed by atoms with Crippen LogP contribution in [0.2, 0.25) is 0 Å². The van der Waals surface area contributed by atoms with Crippen molar-refractivity contribution in [1.82, 2.24) is 14.3 Å². The fourth-order valence-electron chi connectivity index (χ4n) is 2.86. The van der Waals surface area contributed by atoms with Crippen LogP contribution in [0.3, 0.4) is 0 Å². The molecule has 2 heterocycles. The third-order valence-corrected chi connectivity index (χ3v) is 6.04. The fraction of sp³-hybridized carbons (Fsp3) is 0.412. The Kier molecular flexibility index (Phi) is 5.58. The van der Waals surface area contributed by atoms with Crippen molar-refractivity contribution in [2.45, 2.75) is 23.8 Å². The number of nitrogens with zero attached hydrogens (tertiary/aromatic N) is 3. The molecule has 8 nitrogen and oxygen atoms in total. The van der Waals surface area contributed by atoms with Gasteiger partial charge in [-0.2, -0.15) is 4.31 Å². The van der Waals surface area contributed by atoms with E-state index in [1.165, 1.54) is 37.0 Å². The predicted molar refractivity (Wildman–Crippen MR) is 94.0 cm³/mol. The number of sulfonamides is 1. The molecule has 1 aliphatic heterocycles. The van der Waals surface area contributed by atoms with E-state index < -0.39 is 10.0 Å². The molecular formula is C17H21N3O5S. The molecule has 1 aromatic heterocycles. The van der Waals surface area contributed by atoms with Crippen LogP contribution in [-0.2, 0) is 10.0 Å². The molecule has 0 aliphatic carbocycles. The van der Waals surface area contributed by atoms with Gasteiger partial charge in [0.05, 0.1) is 27.0 Å². The lowest BCUT2D eigenvalue weighted by molar-refractivity contribution is 0.124. The second-order valence-corrected chi connectivity index (χ2v) is 7.71. The summed E-state index contributed by atoms with van der Waals surface area (Å²) in [6.45, 7) is 0.655.